The molecule has 0 saturated carbocycles. The van der Waals surface area contributed by atoms with Crippen molar-refractivity contribution in [1.82, 2.24) is 0 Å². The largest absolute Gasteiger partial charge is 0.388 e. The second kappa shape index (κ2) is 4.18. The monoisotopic (exact) mass is 222 g/mol. The lowest BCUT2D eigenvalue weighted by Crippen LogP contribution is -2.37. The van der Waals surface area contributed by atoms with Gasteiger partial charge in [0.05, 0.1) is 5.60 Å². The Morgan fingerprint density at radius 1 is 1.47 bits per heavy atom. The third-order valence-electron chi connectivity index (χ3n) is 3.42. The molecule has 0 spiro atoms. The molecule has 2 heteroatoms. The highest BCUT2D eigenvalue weighted by molar-refractivity contribution is 8.00. The van der Waals surface area contributed by atoms with Crippen LogP contribution in [0.25, 0.3) is 0 Å². The van der Waals surface area contributed by atoms with Crippen molar-refractivity contribution in [3.8, 4) is 0 Å². The highest BCUT2D eigenvalue weighted by atomic mass is 32.2. The first kappa shape index (κ1) is 11.0. The van der Waals surface area contributed by atoms with E-state index in [1.54, 1.807) is 0 Å². The Kier molecular flexibility index (Phi) is 3.08. The van der Waals surface area contributed by atoms with Gasteiger partial charge in [0.2, 0.25) is 0 Å². The van der Waals surface area contributed by atoms with E-state index in [4.69, 9.17) is 0 Å². The van der Waals surface area contributed by atoms with Gasteiger partial charge in [0.15, 0.2) is 0 Å². The van der Waals surface area contributed by atoms with E-state index in [0.717, 1.165) is 18.6 Å². The van der Waals surface area contributed by atoms with Gasteiger partial charge in [-0.25, -0.2) is 0 Å². The maximum atomic E-state index is 10.5. The summed E-state index contributed by atoms with van der Waals surface area (Å²) in [7, 11) is 0. The molecule has 1 N–H and O–H groups in total. The molecule has 0 aromatic heterocycles. The van der Waals surface area contributed by atoms with Gasteiger partial charge in [0.1, 0.15) is 0 Å². The summed E-state index contributed by atoms with van der Waals surface area (Å²) >= 11 is 1.88. The second-order valence-electron chi connectivity index (χ2n) is 4.47. The van der Waals surface area contributed by atoms with Gasteiger partial charge in [-0.1, -0.05) is 31.2 Å². The molecule has 0 amide bonds. The van der Waals surface area contributed by atoms with Crippen molar-refractivity contribution in [2.24, 2.45) is 0 Å². The lowest BCUT2D eigenvalue weighted by molar-refractivity contribution is 0.0463. The van der Waals surface area contributed by atoms with Crippen LogP contribution in [-0.4, -0.2) is 21.7 Å². The van der Waals surface area contributed by atoms with Crippen molar-refractivity contribution >= 4 is 11.8 Å². The van der Waals surface area contributed by atoms with Crippen molar-refractivity contribution in [2.45, 2.75) is 37.5 Å². The molecule has 82 valence electrons. The third kappa shape index (κ3) is 2.21. The van der Waals surface area contributed by atoms with E-state index in [1.807, 2.05) is 11.8 Å². The molecule has 1 heterocycles. The Morgan fingerprint density at radius 3 is 2.80 bits per heavy atom. The molecule has 2 rings (SSSR count). The highest BCUT2D eigenvalue weighted by Crippen LogP contribution is 2.38. The fourth-order valence-electron chi connectivity index (χ4n) is 2.14. The molecule has 2 unspecified atom stereocenters. The molecule has 1 aliphatic rings. The van der Waals surface area contributed by atoms with Gasteiger partial charge in [0.25, 0.3) is 0 Å². The lowest BCUT2D eigenvalue weighted by atomic mass is 9.88. The fourth-order valence-corrected chi connectivity index (χ4v) is 3.48. The number of aryl methyl sites for hydroxylation is 1. The van der Waals surface area contributed by atoms with Crippen molar-refractivity contribution in [3.05, 3.63) is 35.4 Å². The summed E-state index contributed by atoms with van der Waals surface area (Å²) < 4.78 is 0. The normalized spacial score (nSPS) is 30.7. The number of aliphatic hydroxyl groups is 1. The highest BCUT2D eigenvalue weighted by Gasteiger charge is 2.38. The average Bonchev–Trinajstić information content (AvgIpc) is 2.51. The van der Waals surface area contributed by atoms with Gasteiger partial charge in [-0.2, -0.15) is 11.8 Å². The van der Waals surface area contributed by atoms with Crippen molar-refractivity contribution in [2.75, 3.05) is 5.75 Å². The van der Waals surface area contributed by atoms with Gasteiger partial charge in [0, 0.05) is 11.7 Å². The van der Waals surface area contributed by atoms with E-state index in [1.165, 1.54) is 11.1 Å². The molecule has 1 aliphatic heterocycles. The van der Waals surface area contributed by atoms with E-state index >= 15 is 0 Å². The molecule has 1 aromatic rings. The summed E-state index contributed by atoms with van der Waals surface area (Å²) in [6.45, 7) is 4.25. The van der Waals surface area contributed by atoms with Crippen LogP contribution in [0.1, 0.15) is 24.5 Å². The van der Waals surface area contributed by atoms with E-state index in [9.17, 15) is 5.11 Å². The Morgan fingerprint density at radius 2 is 2.20 bits per heavy atom. The minimum absolute atomic E-state index is 0.358. The van der Waals surface area contributed by atoms with Crippen LogP contribution >= 0.6 is 11.8 Å². The van der Waals surface area contributed by atoms with Crippen molar-refractivity contribution in [1.29, 1.82) is 0 Å². The molecule has 1 saturated heterocycles. The zero-order chi connectivity index (χ0) is 10.9. The molecule has 1 fully saturated rings. The average molecular weight is 222 g/mol. The first-order valence-corrected chi connectivity index (χ1v) is 6.55. The SMILES string of the molecule is Cc1ccccc1CC1(O)CCSC1C. The summed E-state index contributed by atoms with van der Waals surface area (Å²) in [5.41, 5.74) is 2.08. The predicted octanol–water partition coefficient (Wildman–Crippen LogP) is 2.79. The van der Waals surface area contributed by atoms with Crippen molar-refractivity contribution in [3.63, 3.8) is 0 Å². The number of rotatable bonds is 2. The van der Waals surface area contributed by atoms with E-state index in [-0.39, 0.29) is 0 Å². The minimum atomic E-state index is -0.489. The lowest BCUT2D eigenvalue weighted by Gasteiger charge is -2.27. The van der Waals surface area contributed by atoms with E-state index in [2.05, 4.69) is 38.1 Å². The van der Waals surface area contributed by atoms with Crippen LogP contribution in [-0.2, 0) is 6.42 Å². The molecular weight excluding hydrogens is 204 g/mol. The van der Waals surface area contributed by atoms with E-state index < -0.39 is 5.60 Å². The summed E-state index contributed by atoms with van der Waals surface area (Å²) in [5, 5.41) is 10.9. The minimum Gasteiger partial charge on any atom is -0.388 e. The molecule has 1 aromatic carbocycles. The molecule has 0 aliphatic carbocycles. The number of hydrogen-bond donors (Lipinski definition) is 1. The Bertz CT molecular complexity index is 350. The van der Waals surface area contributed by atoms with Gasteiger partial charge >= 0.3 is 0 Å². The summed E-state index contributed by atoms with van der Waals surface area (Å²) in [5.74, 6) is 1.09. The summed E-state index contributed by atoms with van der Waals surface area (Å²) in [6, 6.07) is 8.35. The molecule has 0 radical (unpaired) electrons. The van der Waals surface area contributed by atoms with Crippen LogP contribution in [0.4, 0.5) is 0 Å². The third-order valence-corrected chi connectivity index (χ3v) is 4.80. The number of benzene rings is 1. The molecule has 2 atom stereocenters. The van der Waals surface area contributed by atoms with Gasteiger partial charge < -0.3 is 5.11 Å². The summed E-state index contributed by atoms with van der Waals surface area (Å²) in [6.07, 6.45) is 1.72. The van der Waals surface area contributed by atoms with Crippen LogP contribution in [0.5, 0.6) is 0 Å². The molecular formula is C13H18OS. The van der Waals surface area contributed by atoms with Crippen LogP contribution in [0.2, 0.25) is 0 Å². The molecule has 1 nitrogen and oxygen atoms in total. The standard InChI is InChI=1S/C13H18OS/c1-10-5-3-4-6-12(10)9-13(14)7-8-15-11(13)2/h3-6,11,14H,7-9H2,1-2H3. The fraction of sp³-hybridized carbons (Fsp3) is 0.538. The summed E-state index contributed by atoms with van der Waals surface area (Å²) in [4.78, 5) is 0. The maximum absolute atomic E-state index is 10.5. The Balaban J connectivity index is 2.18. The molecule has 15 heavy (non-hydrogen) atoms. The van der Waals surface area contributed by atoms with Crippen LogP contribution in [0, 0.1) is 6.92 Å². The smallest absolute Gasteiger partial charge is 0.0811 e. The first-order chi connectivity index (χ1) is 7.12. The number of thioether (sulfide) groups is 1. The van der Waals surface area contributed by atoms with Gasteiger partial charge in [-0.3, -0.25) is 0 Å². The first-order valence-electron chi connectivity index (χ1n) is 5.50. The predicted molar refractivity (Wildman–Crippen MR) is 66.4 cm³/mol. The Hall–Kier alpha value is -0.470. The van der Waals surface area contributed by atoms with Crippen LogP contribution in [0.15, 0.2) is 24.3 Å². The van der Waals surface area contributed by atoms with E-state index in [0.29, 0.717) is 5.25 Å². The maximum Gasteiger partial charge on any atom is 0.0811 e. The van der Waals surface area contributed by atoms with Crippen molar-refractivity contribution < 1.29 is 5.11 Å². The second-order valence-corrected chi connectivity index (χ2v) is 5.92. The van der Waals surface area contributed by atoms with Gasteiger partial charge in [-0.05, 0) is 30.2 Å². The Labute approximate surface area is 95.9 Å². The van der Waals surface area contributed by atoms with Crippen LogP contribution < -0.4 is 0 Å². The topological polar surface area (TPSA) is 20.2 Å². The number of hydrogen-bond acceptors (Lipinski definition) is 2. The quantitative estimate of drug-likeness (QED) is 0.830. The zero-order valence-electron chi connectivity index (χ0n) is 9.36. The molecule has 0 bridgehead atoms. The van der Waals surface area contributed by atoms with Gasteiger partial charge in [-0.15, -0.1) is 0 Å². The zero-order valence-corrected chi connectivity index (χ0v) is 10.2. The van der Waals surface area contributed by atoms with Crippen LogP contribution in [0.3, 0.4) is 0 Å².